The fraction of sp³-hybridized carbons (Fsp3) is 0.600. The Hall–Kier alpha value is -1.30. The third kappa shape index (κ3) is 2.86. The highest BCUT2D eigenvalue weighted by molar-refractivity contribution is 9.10. The van der Waals surface area contributed by atoms with Crippen molar-refractivity contribution in [2.24, 2.45) is 5.92 Å². The smallest absolute Gasteiger partial charge is 0.290 e. The van der Waals surface area contributed by atoms with E-state index in [1.54, 1.807) is 11.0 Å². The zero-order valence-corrected chi connectivity index (χ0v) is 13.9. The van der Waals surface area contributed by atoms with Crippen molar-refractivity contribution in [1.29, 1.82) is 0 Å². The van der Waals surface area contributed by atoms with E-state index in [4.69, 9.17) is 4.42 Å². The summed E-state index contributed by atoms with van der Waals surface area (Å²) in [7, 11) is 0. The van der Waals surface area contributed by atoms with Gasteiger partial charge in [-0.15, -0.1) is 0 Å². The van der Waals surface area contributed by atoms with Crippen LogP contribution < -0.4 is 0 Å². The number of halogens is 1. The summed E-state index contributed by atoms with van der Waals surface area (Å²) in [5.74, 6) is 0.682. The average Bonchev–Trinajstić information content (AvgIpc) is 3.18. The fourth-order valence-electron chi connectivity index (χ4n) is 2.87. The molecule has 0 spiro atoms. The highest BCUT2D eigenvalue weighted by Crippen LogP contribution is 2.33. The highest BCUT2D eigenvalue weighted by Gasteiger charge is 2.42. The molecular weight excluding hydrogens is 336 g/mol. The summed E-state index contributed by atoms with van der Waals surface area (Å²) in [6.07, 6.45) is 3.53. The number of amides is 2. The van der Waals surface area contributed by atoms with E-state index in [-0.39, 0.29) is 23.3 Å². The van der Waals surface area contributed by atoms with Gasteiger partial charge in [0.2, 0.25) is 5.91 Å². The predicted molar refractivity (Wildman–Crippen MR) is 80.8 cm³/mol. The van der Waals surface area contributed by atoms with Crippen molar-refractivity contribution in [2.45, 2.75) is 32.2 Å². The highest BCUT2D eigenvalue weighted by atomic mass is 79.9. The number of piperazine rings is 1. The van der Waals surface area contributed by atoms with Crippen LogP contribution in [0.15, 0.2) is 21.2 Å². The number of carbonyl (C=O) groups excluding carboxylic acids is 2. The first-order valence-corrected chi connectivity index (χ1v) is 8.02. The van der Waals surface area contributed by atoms with Gasteiger partial charge in [0.05, 0.1) is 10.0 Å². The molecule has 1 saturated carbocycles. The van der Waals surface area contributed by atoms with Crippen molar-refractivity contribution in [3.8, 4) is 0 Å². The van der Waals surface area contributed by atoms with Crippen molar-refractivity contribution in [3.05, 3.63) is 22.6 Å². The van der Waals surface area contributed by atoms with Crippen LogP contribution in [0.4, 0.5) is 0 Å². The van der Waals surface area contributed by atoms with Gasteiger partial charge >= 0.3 is 0 Å². The molecule has 1 aliphatic carbocycles. The summed E-state index contributed by atoms with van der Waals surface area (Å²) in [6.45, 7) is 5.72. The van der Waals surface area contributed by atoms with E-state index in [2.05, 4.69) is 15.9 Å². The number of hydrogen-bond acceptors (Lipinski definition) is 3. The van der Waals surface area contributed by atoms with Gasteiger partial charge in [-0.3, -0.25) is 9.59 Å². The zero-order chi connectivity index (χ0) is 15.2. The second kappa shape index (κ2) is 5.16. The van der Waals surface area contributed by atoms with Crippen LogP contribution in [0, 0.1) is 5.92 Å². The maximum Gasteiger partial charge on any atom is 0.290 e. The van der Waals surface area contributed by atoms with E-state index in [0.29, 0.717) is 25.4 Å². The number of nitrogens with zero attached hydrogens (tertiary/aromatic N) is 2. The summed E-state index contributed by atoms with van der Waals surface area (Å²) < 4.78 is 6.03. The Kier molecular flexibility index (Phi) is 3.59. The normalized spacial score (nSPS) is 21.5. The molecule has 114 valence electrons. The van der Waals surface area contributed by atoms with Gasteiger partial charge in [-0.25, -0.2) is 0 Å². The van der Waals surface area contributed by atoms with Crippen LogP contribution in [0.5, 0.6) is 0 Å². The molecule has 1 aromatic heterocycles. The van der Waals surface area contributed by atoms with E-state index in [1.807, 2.05) is 18.7 Å². The standard InChI is InChI=1S/C15H19BrN2O3/c1-15(2)9-17(13(19)10-3-4-10)5-6-18(15)14(20)12-7-11(16)8-21-12/h7-8,10H,3-6,9H2,1-2H3. The summed E-state index contributed by atoms with van der Waals surface area (Å²) in [5.41, 5.74) is -0.390. The van der Waals surface area contributed by atoms with Crippen molar-refractivity contribution in [1.82, 2.24) is 9.80 Å². The molecule has 0 atom stereocenters. The first-order chi connectivity index (χ1) is 9.88. The van der Waals surface area contributed by atoms with Crippen LogP contribution in [0.1, 0.15) is 37.2 Å². The van der Waals surface area contributed by atoms with E-state index in [9.17, 15) is 9.59 Å². The Morgan fingerprint density at radius 3 is 2.57 bits per heavy atom. The molecule has 2 fully saturated rings. The first kappa shape index (κ1) is 14.6. The zero-order valence-electron chi connectivity index (χ0n) is 12.3. The molecule has 21 heavy (non-hydrogen) atoms. The average molecular weight is 355 g/mol. The van der Waals surface area contributed by atoms with Crippen molar-refractivity contribution >= 4 is 27.7 Å². The molecule has 1 aliphatic heterocycles. The molecule has 0 N–H and O–H groups in total. The molecule has 2 aliphatic rings. The summed E-state index contributed by atoms with van der Waals surface area (Å²) in [6, 6.07) is 1.68. The van der Waals surface area contributed by atoms with Crippen LogP contribution in [0.3, 0.4) is 0 Å². The van der Waals surface area contributed by atoms with Gasteiger partial charge in [-0.1, -0.05) is 0 Å². The molecule has 2 amide bonds. The monoisotopic (exact) mass is 354 g/mol. The largest absolute Gasteiger partial charge is 0.458 e. The Morgan fingerprint density at radius 2 is 2.05 bits per heavy atom. The quantitative estimate of drug-likeness (QED) is 0.819. The molecule has 0 radical (unpaired) electrons. The Bertz CT molecular complexity index is 577. The molecular formula is C15H19BrN2O3. The lowest BCUT2D eigenvalue weighted by atomic mass is 9.97. The van der Waals surface area contributed by atoms with E-state index in [1.165, 1.54) is 6.26 Å². The van der Waals surface area contributed by atoms with Crippen LogP contribution in [-0.2, 0) is 4.79 Å². The summed E-state index contributed by atoms with van der Waals surface area (Å²) in [5, 5.41) is 0. The summed E-state index contributed by atoms with van der Waals surface area (Å²) in [4.78, 5) is 28.5. The van der Waals surface area contributed by atoms with Gasteiger partial charge < -0.3 is 14.2 Å². The molecule has 0 unspecified atom stereocenters. The van der Waals surface area contributed by atoms with E-state index in [0.717, 1.165) is 17.3 Å². The molecule has 0 bridgehead atoms. The van der Waals surface area contributed by atoms with Crippen LogP contribution in [-0.4, -0.2) is 46.8 Å². The number of furan rings is 1. The second-order valence-electron chi connectivity index (χ2n) is 6.43. The van der Waals surface area contributed by atoms with Crippen molar-refractivity contribution in [2.75, 3.05) is 19.6 Å². The van der Waals surface area contributed by atoms with Crippen molar-refractivity contribution in [3.63, 3.8) is 0 Å². The minimum Gasteiger partial charge on any atom is -0.458 e. The molecule has 6 heteroatoms. The lowest BCUT2D eigenvalue weighted by Crippen LogP contribution is -2.62. The van der Waals surface area contributed by atoms with Crippen LogP contribution >= 0.6 is 15.9 Å². The predicted octanol–water partition coefficient (Wildman–Crippen LogP) is 2.52. The topological polar surface area (TPSA) is 53.8 Å². The van der Waals surface area contributed by atoms with Gasteiger partial charge in [-0.05, 0) is 42.6 Å². The first-order valence-electron chi connectivity index (χ1n) is 7.23. The van der Waals surface area contributed by atoms with Gasteiger partial charge in [-0.2, -0.15) is 0 Å². The second-order valence-corrected chi connectivity index (χ2v) is 7.35. The number of rotatable bonds is 2. The van der Waals surface area contributed by atoms with Gasteiger partial charge in [0.25, 0.3) is 5.91 Å². The Morgan fingerprint density at radius 1 is 1.33 bits per heavy atom. The number of carbonyl (C=O) groups is 2. The third-order valence-electron chi connectivity index (χ3n) is 4.16. The SMILES string of the molecule is CC1(C)CN(C(=O)C2CC2)CCN1C(=O)c1cc(Br)co1. The minimum absolute atomic E-state index is 0.121. The maximum atomic E-state index is 12.6. The van der Waals surface area contributed by atoms with Gasteiger partial charge in [0, 0.05) is 31.6 Å². The molecule has 0 aromatic carbocycles. The van der Waals surface area contributed by atoms with E-state index < -0.39 is 0 Å². The molecule has 1 aromatic rings. The van der Waals surface area contributed by atoms with E-state index >= 15 is 0 Å². The van der Waals surface area contributed by atoms with Crippen LogP contribution in [0.2, 0.25) is 0 Å². The fourth-order valence-corrected chi connectivity index (χ4v) is 3.17. The Balaban J connectivity index is 1.73. The molecule has 3 rings (SSSR count). The molecule has 1 saturated heterocycles. The third-order valence-corrected chi connectivity index (χ3v) is 4.58. The van der Waals surface area contributed by atoms with Gasteiger partial charge in [0.15, 0.2) is 5.76 Å². The van der Waals surface area contributed by atoms with Crippen molar-refractivity contribution < 1.29 is 14.0 Å². The maximum absolute atomic E-state index is 12.6. The summed E-state index contributed by atoms with van der Waals surface area (Å²) >= 11 is 3.29. The number of hydrogen-bond donors (Lipinski definition) is 0. The lowest BCUT2D eigenvalue weighted by Gasteiger charge is -2.46. The molecule has 2 heterocycles. The van der Waals surface area contributed by atoms with Gasteiger partial charge in [0.1, 0.15) is 6.26 Å². The van der Waals surface area contributed by atoms with Crippen LogP contribution in [0.25, 0.3) is 0 Å². The molecule has 5 nitrogen and oxygen atoms in total. The lowest BCUT2D eigenvalue weighted by molar-refractivity contribution is -0.136. The minimum atomic E-state index is -0.390. The Labute approximate surface area is 132 Å².